The number of hydrogen-bond donors (Lipinski definition) is 0. The molecule has 1 saturated heterocycles. The lowest BCUT2D eigenvalue weighted by molar-refractivity contribution is 0.00578. The Bertz CT molecular complexity index is 689. The molecule has 1 aliphatic rings. The van der Waals surface area contributed by atoms with Gasteiger partial charge in [0.05, 0.1) is 21.2 Å². The van der Waals surface area contributed by atoms with Crippen molar-refractivity contribution < 1.29 is 31.7 Å². The molecule has 0 aliphatic carbocycles. The summed E-state index contributed by atoms with van der Waals surface area (Å²) in [7, 11) is -1.45. The van der Waals surface area contributed by atoms with E-state index in [0.717, 1.165) is 0 Å². The van der Waals surface area contributed by atoms with Gasteiger partial charge >= 0.3 is 7.12 Å². The van der Waals surface area contributed by atoms with Crippen molar-refractivity contribution in [3.05, 3.63) is 38.8 Å². The molecular weight excluding hydrogens is 395 g/mol. The molecule has 0 spiro atoms. The topological polar surface area (TPSA) is 35.5 Å². The van der Waals surface area contributed by atoms with Crippen LogP contribution in [0.15, 0.2) is 10.2 Å². The van der Waals surface area contributed by atoms with Crippen LogP contribution in [0.25, 0.3) is 6.08 Å². The van der Waals surface area contributed by atoms with Crippen molar-refractivity contribution in [1.82, 2.24) is 0 Å². The molecule has 0 unspecified atom stereocenters. The Kier molecular flexibility index (Phi) is 5.00. The lowest BCUT2D eigenvalue weighted by Gasteiger charge is -2.32. The van der Waals surface area contributed by atoms with Gasteiger partial charge < -0.3 is 9.31 Å². The van der Waals surface area contributed by atoms with Crippen molar-refractivity contribution in [3.8, 4) is 0 Å². The molecule has 1 aliphatic heterocycles. The highest BCUT2D eigenvalue weighted by Crippen LogP contribution is 2.39. The zero-order valence-electron chi connectivity index (χ0n) is 13.3. The van der Waals surface area contributed by atoms with E-state index in [1.807, 2.05) is 0 Å². The van der Waals surface area contributed by atoms with Gasteiger partial charge in [0.2, 0.25) is 0 Å². The molecule has 1 aromatic carbocycles. The van der Waals surface area contributed by atoms with Crippen LogP contribution in [0, 0.1) is 17.5 Å². The third kappa shape index (κ3) is 3.04. The van der Waals surface area contributed by atoms with Gasteiger partial charge in [-0.1, -0.05) is 0 Å². The van der Waals surface area contributed by atoms with Crippen molar-refractivity contribution in [2.45, 2.75) is 38.9 Å². The van der Waals surface area contributed by atoms with Crippen LogP contribution in [0.3, 0.4) is 0 Å². The largest absolute Gasteiger partial charge is 0.525 e. The van der Waals surface area contributed by atoms with Crippen LogP contribution < -0.4 is 0 Å². The Morgan fingerprint density at radius 1 is 1.00 bits per heavy atom. The quantitative estimate of drug-likeness (QED) is 0.317. The number of aldehydes is 1. The number of halogens is 5. The van der Waals surface area contributed by atoms with E-state index in [0.29, 0.717) is 6.08 Å². The van der Waals surface area contributed by atoms with Crippen molar-refractivity contribution in [3.63, 3.8) is 0 Å². The summed E-state index contributed by atoms with van der Waals surface area (Å²) in [5.74, 6) is -4.58. The summed E-state index contributed by atoms with van der Waals surface area (Å²) in [6.07, 6.45) is 0.416. The third-order valence-corrected chi connectivity index (χ3v) is 4.99. The maximum atomic E-state index is 14.4. The molecule has 0 atom stereocenters. The van der Waals surface area contributed by atoms with Crippen LogP contribution in [0.1, 0.15) is 43.6 Å². The Labute approximate surface area is 145 Å². The van der Waals surface area contributed by atoms with Gasteiger partial charge in [0.1, 0.15) is 5.73 Å². The zero-order chi connectivity index (χ0) is 18.4. The van der Waals surface area contributed by atoms with E-state index >= 15 is 0 Å². The summed E-state index contributed by atoms with van der Waals surface area (Å²) in [4.78, 5) is 10.6. The average molecular weight is 409 g/mol. The van der Waals surface area contributed by atoms with Crippen molar-refractivity contribution in [1.29, 1.82) is 0 Å². The van der Waals surface area contributed by atoms with E-state index in [9.17, 15) is 22.4 Å². The molecule has 1 aromatic rings. The Morgan fingerprint density at radius 3 is 1.92 bits per heavy atom. The molecule has 0 saturated carbocycles. The van der Waals surface area contributed by atoms with Crippen molar-refractivity contribution >= 4 is 35.4 Å². The number of carbonyl (C=O) groups is 1. The summed E-state index contributed by atoms with van der Waals surface area (Å²) in [6.45, 7) is 6.76. The van der Waals surface area contributed by atoms with Crippen LogP contribution in [-0.2, 0) is 9.31 Å². The predicted octanol–water partition coefficient (Wildman–Crippen LogP) is 4.62. The van der Waals surface area contributed by atoms with Crippen LogP contribution in [0.4, 0.5) is 17.6 Å². The summed E-state index contributed by atoms with van der Waals surface area (Å²) >= 11 is 2.71. The molecule has 3 nitrogen and oxygen atoms in total. The van der Waals surface area contributed by atoms with E-state index in [-0.39, 0.29) is 6.29 Å². The molecule has 1 fully saturated rings. The summed E-state index contributed by atoms with van der Waals surface area (Å²) < 4.78 is 66.3. The van der Waals surface area contributed by atoms with Crippen LogP contribution in [0.5, 0.6) is 0 Å². The van der Waals surface area contributed by atoms with E-state index < -0.39 is 57.1 Å². The first-order chi connectivity index (χ1) is 10.9. The van der Waals surface area contributed by atoms with E-state index in [1.165, 1.54) is 0 Å². The van der Waals surface area contributed by atoms with Crippen LogP contribution in [0.2, 0.25) is 0 Å². The lowest BCUT2D eigenvalue weighted by atomic mass is 9.86. The first-order valence-electron chi connectivity index (χ1n) is 6.96. The van der Waals surface area contributed by atoms with Gasteiger partial charge in [0.15, 0.2) is 23.7 Å². The van der Waals surface area contributed by atoms with Gasteiger partial charge in [-0.3, -0.25) is 4.79 Å². The molecule has 130 valence electrons. The molecule has 0 N–H and O–H groups in total. The number of hydrogen-bond acceptors (Lipinski definition) is 3. The molecule has 2 rings (SSSR count). The maximum Gasteiger partial charge on any atom is 0.525 e. The van der Waals surface area contributed by atoms with E-state index in [4.69, 9.17) is 9.31 Å². The van der Waals surface area contributed by atoms with Gasteiger partial charge in [-0.15, -0.1) is 0 Å². The van der Waals surface area contributed by atoms with Crippen molar-refractivity contribution in [2.75, 3.05) is 0 Å². The molecule has 9 heteroatoms. The molecule has 0 radical (unpaired) electrons. The van der Waals surface area contributed by atoms with Gasteiger partial charge in [-0.05, 0) is 49.7 Å². The minimum Gasteiger partial charge on any atom is -0.398 e. The van der Waals surface area contributed by atoms with E-state index in [1.54, 1.807) is 27.7 Å². The van der Waals surface area contributed by atoms with Gasteiger partial charge in [0.25, 0.3) is 0 Å². The van der Waals surface area contributed by atoms with Crippen molar-refractivity contribution in [2.24, 2.45) is 0 Å². The summed E-state index contributed by atoms with van der Waals surface area (Å²) in [6, 6.07) is 0. The first kappa shape index (κ1) is 19.1. The Hall–Kier alpha value is -1.19. The van der Waals surface area contributed by atoms with Crippen LogP contribution in [-0.4, -0.2) is 24.6 Å². The highest BCUT2D eigenvalue weighted by Gasteiger charge is 2.53. The molecule has 0 amide bonds. The average Bonchev–Trinajstić information content (AvgIpc) is 2.70. The number of benzene rings is 1. The standard InChI is InChI=1S/C15H14BBrF4O3/c1-14(2)15(3,4)24-16(23-14)9(18)5-7-10(17)11(19)8(6-22)13(21)12(7)20/h5-6H,1-4H3. The second-order valence-corrected chi connectivity index (χ2v) is 7.11. The van der Waals surface area contributed by atoms with E-state index in [2.05, 4.69) is 15.9 Å². The lowest BCUT2D eigenvalue weighted by Crippen LogP contribution is -2.41. The van der Waals surface area contributed by atoms with Gasteiger partial charge in [0, 0.05) is 5.56 Å². The molecule has 0 aromatic heterocycles. The number of rotatable bonds is 3. The molecule has 1 heterocycles. The number of carbonyl (C=O) groups excluding carboxylic acids is 1. The highest BCUT2D eigenvalue weighted by molar-refractivity contribution is 9.10. The molecule has 24 heavy (non-hydrogen) atoms. The summed E-state index contributed by atoms with van der Waals surface area (Å²) in [5, 5.41) is 0. The summed E-state index contributed by atoms with van der Waals surface area (Å²) in [5.41, 5.74) is -4.53. The fraction of sp³-hybridized carbons (Fsp3) is 0.400. The van der Waals surface area contributed by atoms with Gasteiger partial charge in [-0.25, -0.2) is 17.6 Å². The fourth-order valence-corrected chi connectivity index (χ4v) is 2.56. The smallest absolute Gasteiger partial charge is 0.398 e. The second kappa shape index (κ2) is 6.27. The highest BCUT2D eigenvalue weighted by atomic mass is 79.9. The molecular formula is C15H14BBrF4O3. The minimum atomic E-state index is -1.70. The Morgan fingerprint density at radius 2 is 1.46 bits per heavy atom. The minimum absolute atomic E-state index is 0.156. The SMILES string of the molecule is CC1(C)OB(C(F)=Cc2c(F)c(F)c(C=O)c(F)c2Br)OC1(C)C. The monoisotopic (exact) mass is 408 g/mol. The Balaban J connectivity index is 2.48. The maximum absolute atomic E-state index is 14.4. The van der Waals surface area contributed by atoms with Gasteiger partial charge in [-0.2, -0.15) is 0 Å². The second-order valence-electron chi connectivity index (χ2n) is 6.32. The predicted molar refractivity (Wildman–Crippen MR) is 84.6 cm³/mol. The zero-order valence-corrected chi connectivity index (χ0v) is 14.9. The third-order valence-electron chi connectivity index (χ3n) is 4.21. The first-order valence-corrected chi connectivity index (χ1v) is 7.76. The normalized spacial score (nSPS) is 19.7. The molecule has 0 bridgehead atoms. The van der Waals surface area contributed by atoms with Crippen LogP contribution >= 0.6 is 15.9 Å². The fourth-order valence-electron chi connectivity index (χ4n) is 2.06.